The SMILES string of the molecule is Cc1ccc(C)c(-n2c(N)nc3c(C)ccnc32)c1. The van der Waals surface area contributed by atoms with E-state index in [0.29, 0.717) is 5.95 Å². The summed E-state index contributed by atoms with van der Waals surface area (Å²) in [6, 6.07) is 8.23. The molecule has 2 aromatic heterocycles. The molecule has 0 amide bonds. The first-order valence-corrected chi connectivity index (χ1v) is 6.25. The molecule has 0 saturated carbocycles. The van der Waals surface area contributed by atoms with E-state index in [2.05, 4.69) is 42.0 Å². The summed E-state index contributed by atoms with van der Waals surface area (Å²) in [6.45, 7) is 6.15. The summed E-state index contributed by atoms with van der Waals surface area (Å²) in [5.74, 6) is 0.477. The number of fused-ring (bicyclic) bond motifs is 1. The number of anilines is 1. The highest BCUT2D eigenvalue weighted by atomic mass is 15.2. The maximum atomic E-state index is 6.09. The van der Waals surface area contributed by atoms with E-state index in [-0.39, 0.29) is 0 Å². The van der Waals surface area contributed by atoms with Gasteiger partial charge >= 0.3 is 0 Å². The number of nitrogens with two attached hydrogens (primary N) is 1. The van der Waals surface area contributed by atoms with E-state index < -0.39 is 0 Å². The van der Waals surface area contributed by atoms with Gasteiger partial charge in [0.25, 0.3) is 0 Å². The minimum absolute atomic E-state index is 0.477. The predicted octanol–water partition coefficient (Wildman–Crippen LogP) is 2.93. The van der Waals surface area contributed by atoms with Gasteiger partial charge in [0.1, 0.15) is 5.52 Å². The molecule has 0 atom stereocenters. The average Bonchev–Trinajstić information content (AvgIpc) is 2.70. The zero-order chi connectivity index (χ0) is 13.6. The smallest absolute Gasteiger partial charge is 0.207 e. The monoisotopic (exact) mass is 252 g/mol. The van der Waals surface area contributed by atoms with Crippen molar-refractivity contribution in [3.63, 3.8) is 0 Å². The Hall–Kier alpha value is -2.36. The first kappa shape index (κ1) is 11.7. The van der Waals surface area contributed by atoms with Crippen LogP contribution in [-0.2, 0) is 0 Å². The minimum atomic E-state index is 0.477. The lowest BCUT2D eigenvalue weighted by molar-refractivity contribution is 1.06. The molecule has 19 heavy (non-hydrogen) atoms. The summed E-state index contributed by atoms with van der Waals surface area (Å²) in [7, 11) is 0. The first-order valence-electron chi connectivity index (χ1n) is 6.25. The number of aryl methyl sites for hydroxylation is 3. The number of aromatic nitrogens is 3. The molecule has 2 N–H and O–H groups in total. The van der Waals surface area contributed by atoms with Crippen LogP contribution >= 0.6 is 0 Å². The number of pyridine rings is 1. The maximum absolute atomic E-state index is 6.09. The van der Waals surface area contributed by atoms with Gasteiger partial charge in [0.05, 0.1) is 5.69 Å². The van der Waals surface area contributed by atoms with Gasteiger partial charge in [-0.1, -0.05) is 12.1 Å². The maximum Gasteiger partial charge on any atom is 0.207 e. The molecule has 96 valence electrons. The number of hydrogen-bond donors (Lipinski definition) is 1. The van der Waals surface area contributed by atoms with E-state index in [1.165, 1.54) is 5.56 Å². The molecule has 2 heterocycles. The molecule has 3 aromatic rings. The van der Waals surface area contributed by atoms with Crippen LogP contribution in [0, 0.1) is 20.8 Å². The highest BCUT2D eigenvalue weighted by Gasteiger charge is 2.14. The second-order valence-electron chi connectivity index (χ2n) is 4.90. The number of rotatable bonds is 1. The number of hydrogen-bond acceptors (Lipinski definition) is 3. The van der Waals surface area contributed by atoms with Crippen LogP contribution in [0.3, 0.4) is 0 Å². The molecule has 0 aliphatic carbocycles. The molecule has 4 nitrogen and oxygen atoms in total. The fourth-order valence-electron chi connectivity index (χ4n) is 2.31. The Kier molecular flexibility index (Phi) is 2.52. The Balaban J connectivity index is 2.39. The van der Waals surface area contributed by atoms with Gasteiger partial charge < -0.3 is 5.73 Å². The summed E-state index contributed by atoms with van der Waals surface area (Å²) in [5, 5.41) is 0. The zero-order valence-corrected chi connectivity index (χ0v) is 11.3. The predicted molar refractivity (Wildman–Crippen MR) is 77.5 cm³/mol. The summed E-state index contributed by atoms with van der Waals surface area (Å²) in [5.41, 5.74) is 12.2. The van der Waals surface area contributed by atoms with E-state index >= 15 is 0 Å². The molecule has 0 saturated heterocycles. The Morgan fingerprint density at radius 3 is 2.63 bits per heavy atom. The third-order valence-electron chi connectivity index (χ3n) is 3.38. The van der Waals surface area contributed by atoms with Crippen molar-refractivity contribution in [3.05, 3.63) is 47.2 Å². The highest BCUT2D eigenvalue weighted by Crippen LogP contribution is 2.25. The zero-order valence-electron chi connectivity index (χ0n) is 11.3. The highest BCUT2D eigenvalue weighted by molar-refractivity contribution is 5.80. The Morgan fingerprint density at radius 2 is 1.84 bits per heavy atom. The minimum Gasteiger partial charge on any atom is -0.369 e. The summed E-state index contributed by atoms with van der Waals surface area (Å²) in [4.78, 5) is 8.87. The third-order valence-corrected chi connectivity index (χ3v) is 3.38. The molecule has 0 aliphatic heterocycles. The van der Waals surface area contributed by atoms with Crippen LogP contribution in [-0.4, -0.2) is 14.5 Å². The van der Waals surface area contributed by atoms with Crippen molar-refractivity contribution in [2.75, 3.05) is 5.73 Å². The largest absolute Gasteiger partial charge is 0.369 e. The first-order chi connectivity index (χ1) is 9.08. The molecule has 0 unspecified atom stereocenters. The fourth-order valence-corrected chi connectivity index (χ4v) is 2.31. The van der Waals surface area contributed by atoms with Gasteiger partial charge in [-0.2, -0.15) is 0 Å². The van der Waals surface area contributed by atoms with Crippen molar-refractivity contribution < 1.29 is 0 Å². The van der Waals surface area contributed by atoms with Crippen molar-refractivity contribution in [2.45, 2.75) is 20.8 Å². The molecule has 0 bridgehead atoms. The van der Waals surface area contributed by atoms with E-state index in [9.17, 15) is 0 Å². The molecular formula is C15H16N4. The Bertz CT molecular complexity index is 771. The number of nitrogens with zero attached hydrogens (tertiary/aromatic N) is 3. The van der Waals surface area contributed by atoms with Crippen LogP contribution in [0.4, 0.5) is 5.95 Å². The second-order valence-corrected chi connectivity index (χ2v) is 4.90. The van der Waals surface area contributed by atoms with Crippen LogP contribution < -0.4 is 5.73 Å². The van der Waals surface area contributed by atoms with Crippen molar-refractivity contribution in [1.29, 1.82) is 0 Å². The number of benzene rings is 1. The molecule has 0 fully saturated rings. The number of imidazole rings is 1. The van der Waals surface area contributed by atoms with E-state index in [1.54, 1.807) is 6.20 Å². The molecular weight excluding hydrogens is 236 g/mol. The van der Waals surface area contributed by atoms with E-state index in [0.717, 1.165) is 28.0 Å². The van der Waals surface area contributed by atoms with Gasteiger partial charge in [0.2, 0.25) is 5.95 Å². The lowest BCUT2D eigenvalue weighted by atomic mass is 10.1. The quantitative estimate of drug-likeness (QED) is 0.724. The van der Waals surface area contributed by atoms with Crippen LogP contribution in [0.2, 0.25) is 0 Å². The second kappa shape index (κ2) is 4.09. The Morgan fingerprint density at radius 1 is 1.05 bits per heavy atom. The fraction of sp³-hybridized carbons (Fsp3) is 0.200. The summed E-state index contributed by atoms with van der Waals surface area (Å²) >= 11 is 0. The molecule has 0 spiro atoms. The van der Waals surface area contributed by atoms with Gasteiger partial charge in [-0.3, -0.25) is 4.57 Å². The molecule has 3 rings (SSSR count). The van der Waals surface area contributed by atoms with Crippen molar-refractivity contribution in [1.82, 2.24) is 14.5 Å². The van der Waals surface area contributed by atoms with Crippen LogP contribution in [0.25, 0.3) is 16.9 Å². The van der Waals surface area contributed by atoms with Gasteiger partial charge in [0.15, 0.2) is 5.65 Å². The molecule has 4 heteroatoms. The lowest BCUT2D eigenvalue weighted by Crippen LogP contribution is -2.03. The van der Waals surface area contributed by atoms with Gasteiger partial charge in [-0.25, -0.2) is 9.97 Å². The third kappa shape index (κ3) is 1.76. The standard InChI is InChI=1S/C15H16N4/c1-9-4-5-10(2)12(8-9)19-14-13(18-15(19)16)11(3)6-7-17-14/h4-8H,1-3H3,(H2,16,18). The van der Waals surface area contributed by atoms with Crippen LogP contribution in [0.1, 0.15) is 16.7 Å². The van der Waals surface area contributed by atoms with Crippen molar-refractivity contribution >= 4 is 17.1 Å². The van der Waals surface area contributed by atoms with Gasteiger partial charge in [-0.15, -0.1) is 0 Å². The van der Waals surface area contributed by atoms with E-state index in [1.807, 2.05) is 17.6 Å². The summed E-state index contributed by atoms with van der Waals surface area (Å²) in [6.07, 6.45) is 1.79. The Labute approximate surface area is 111 Å². The van der Waals surface area contributed by atoms with Crippen LogP contribution in [0.15, 0.2) is 30.5 Å². The molecule has 1 aromatic carbocycles. The van der Waals surface area contributed by atoms with Crippen LogP contribution in [0.5, 0.6) is 0 Å². The molecule has 0 radical (unpaired) electrons. The summed E-state index contributed by atoms with van der Waals surface area (Å²) < 4.78 is 1.92. The van der Waals surface area contributed by atoms with E-state index in [4.69, 9.17) is 5.73 Å². The van der Waals surface area contributed by atoms with Gasteiger partial charge in [-0.05, 0) is 49.6 Å². The normalized spacial score (nSPS) is 11.1. The number of nitrogen functional groups attached to an aromatic ring is 1. The topological polar surface area (TPSA) is 56.7 Å². The van der Waals surface area contributed by atoms with Crippen molar-refractivity contribution in [3.8, 4) is 5.69 Å². The lowest BCUT2D eigenvalue weighted by Gasteiger charge is -2.10. The molecule has 0 aliphatic rings. The average molecular weight is 252 g/mol. The van der Waals surface area contributed by atoms with Gasteiger partial charge in [0, 0.05) is 6.20 Å². The van der Waals surface area contributed by atoms with Crippen molar-refractivity contribution in [2.24, 2.45) is 0 Å².